The summed E-state index contributed by atoms with van der Waals surface area (Å²) >= 11 is 0. The summed E-state index contributed by atoms with van der Waals surface area (Å²) in [7, 11) is 0. The monoisotopic (exact) mass is 411 g/mol. The molecule has 0 fully saturated rings. The van der Waals surface area contributed by atoms with E-state index < -0.39 is 0 Å². The van der Waals surface area contributed by atoms with Gasteiger partial charge in [0.15, 0.2) is 0 Å². The molecule has 1 N–H and O–H groups in total. The van der Waals surface area contributed by atoms with E-state index in [9.17, 15) is 4.79 Å². The molecule has 1 aliphatic rings. The summed E-state index contributed by atoms with van der Waals surface area (Å²) in [5.74, 6) is 2.03. The van der Waals surface area contributed by atoms with Crippen LogP contribution < -0.4 is 5.32 Å². The first kappa shape index (κ1) is 19.4. The number of nitrogens with zero attached hydrogens (tertiary/aromatic N) is 4. The molecule has 0 spiro atoms. The number of rotatable bonds is 5. The maximum absolute atomic E-state index is 12.8. The lowest BCUT2D eigenvalue weighted by molar-refractivity contribution is 0.0933. The average molecular weight is 412 g/mol. The minimum atomic E-state index is -0.0299. The van der Waals surface area contributed by atoms with Crippen LogP contribution in [0.15, 0.2) is 66.9 Å². The molecule has 0 aliphatic carbocycles. The number of aryl methyl sites for hydroxylation is 3. The van der Waals surface area contributed by atoms with Crippen molar-refractivity contribution in [3.05, 3.63) is 89.6 Å². The number of nitrogens with one attached hydrogen (secondary N) is 1. The Morgan fingerprint density at radius 1 is 1.00 bits per heavy atom. The normalized spacial score (nSPS) is 15.9. The first-order valence-corrected chi connectivity index (χ1v) is 10.9. The van der Waals surface area contributed by atoms with Crippen LogP contribution in [0.3, 0.4) is 0 Å². The summed E-state index contributed by atoms with van der Waals surface area (Å²) in [6.45, 7) is 0.832. The Morgan fingerprint density at radius 2 is 1.90 bits per heavy atom. The highest BCUT2D eigenvalue weighted by atomic mass is 16.1. The minimum Gasteiger partial charge on any atom is -0.349 e. The largest absolute Gasteiger partial charge is 0.349 e. The molecule has 1 amide bonds. The van der Waals surface area contributed by atoms with Gasteiger partial charge in [-0.05, 0) is 49.1 Å². The number of aromatic nitrogens is 4. The smallest absolute Gasteiger partial charge is 0.251 e. The second-order valence-electron chi connectivity index (χ2n) is 8.08. The van der Waals surface area contributed by atoms with Crippen LogP contribution in [-0.4, -0.2) is 31.7 Å². The molecule has 156 valence electrons. The number of hydrogen-bond donors (Lipinski definition) is 1. The van der Waals surface area contributed by atoms with Crippen LogP contribution in [0.4, 0.5) is 0 Å². The van der Waals surface area contributed by atoms with E-state index in [1.165, 1.54) is 5.56 Å². The molecule has 3 heterocycles. The SMILES string of the molecule is O=C(NC1CCc2nnc(CCc3ccccc3)n2CC1)c1ccc2ncccc2c1. The maximum Gasteiger partial charge on any atom is 0.251 e. The van der Waals surface area contributed by atoms with E-state index in [4.69, 9.17) is 0 Å². The molecule has 1 atom stereocenters. The molecule has 1 unspecified atom stereocenters. The number of carbonyl (C=O) groups excluding carboxylic acids is 1. The van der Waals surface area contributed by atoms with Crippen molar-refractivity contribution >= 4 is 16.8 Å². The molecule has 31 heavy (non-hydrogen) atoms. The molecule has 1 aliphatic heterocycles. The fourth-order valence-electron chi connectivity index (χ4n) is 4.26. The Kier molecular flexibility index (Phi) is 5.44. The Balaban J connectivity index is 1.22. The van der Waals surface area contributed by atoms with Gasteiger partial charge in [0.1, 0.15) is 11.6 Å². The summed E-state index contributed by atoms with van der Waals surface area (Å²) in [6.07, 6.45) is 6.17. The summed E-state index contributed by atoms with van der Waals surface area (Å²) < 4.78 is 2.25. The summed E-state index contributed by atoms with van der Waals surface area (Å²) in [4.78, 5) is 17.2. The number of pyridine rings is 1. The second-order valence-corrected chi connectivity index (χ2v) is 8.08. The highest BCUT2D eigenvalue weighted by Crippen LogP contribution is 2.18. The van der Waals surface area contributed by atoms with Crippen molar-refractivity contribution in [3.63, 3.8) is 0 Å². The van der Waals surface area contributed by atoms with Crippen LogP contribution in [-0.2, 0) is 25.8 Å². The predicted octanol–water partition coefficient (Wildman–Crippen LogP) is 3.75. The van der Waals surface area contributed by atoms with Crippen molar-refractivity contribution < 1.29 is 4.79 Å². The van der Waals surface area contributed by atoms with Gasteiger partial charge in [-0.3, -0.25) is 9.78 Å². The molecule has 5 rings (SSSR count). The van der Waals surface area contributed by atoms with E-state index in [1.54, 1.807) is 6.20 Å². The van der Waals surface area contributed by atoms with Gasteiger partial charge in [-0.1, -0.05) is 36.4 Å². The zero-order valence-corrected chi connectivity index (χ0v) is 17.4. The Hall–Kier alpha value is -3.54. The molecular formula is C25H25N5O. The molecule has 0 bridgehead atoms. The van der Waals surface area contributed by atoms with Gasteiger partial charge in [0.2, 0.25) is 0 Å². The second kappa shape index (κ2) is 8.68. The molecule has 6 heteroatoms. The third-order valence-corrected chi connectivity index (χ3v) is 6.00. The standard InChI is InChI=1S/C25H25N5O/c31-25(20-9-11-22-19(17-20)7-4-15-26-22)27-21-10-13-24-29-28-23(30(24)16-14-21)12-8-18-5-2-1-3-6-18/h1-7,9,11,15,17,21H,8,10,12-14,16H2,(H,27,31). The molecule has 4 aromatic rings. The van der Waals surface area contributed by atoms with Crippen LogP contribution in [0.25, 0.3) is 10.9 Å². The summed E-state index contributed by atoms with van der Waals surface area (Å²) in [6, 6.07) is 20.1. The molecule has 6 nitrogen and oxygen atoms in total. The quantitative estimate of drug-likeness (QED) is 0.543. The van der Waals surface area contributed by atoms with Crippen LogP contribution in [0.1, 0.15) is 40.4 Å². The van der Waals surface area contributed by atoms with E-state index >= 15 is 0 Å². The van der Waals surface area contributed by atoms with Crippen molar-refractivity contribution in [2.45, 2.75) is 44.7 Å². The number of hydrogen-bond acceptors (Lipinski definition) is 4. The number of benzene rings is 2. The Morgan fingerprint density at radius 3 is 2.81 bits per heavy atom. The third-order valence-electron chi connectivity index (χ3n) is 6.00. The van der Waals surface area contributed by atoms with Gasteiger partial charge in [0.05, 0.1) is 5.52 Å². The minimum absolute atomic E-state index is 0.0299. The highest BCUT2D eigenvalue weighted by molar-refractivity contribution is 5.98. The van der Waals surface area contributed by atoms with Crippen molar-refractivity contribution in [1.82, 2.24) is 25.1 Å². The van der Waals surface area contributed by atoms with Crippen LogP contribution in [0.2, 0.25) is 0 Å². The fourth-order valence-corrected chi connectivity index (χ4v) is 4.26. The van der Waals surface area contributed by atoms with Crippen LogP contribution in [0, 0.1) is 0 Å². The maximum atomic E-state index is 12.8. The van der Waals surface area contributed by atoms with Gasteiger partial charge < -0.3 is 9.88 Å². The van der Waals surface area contributed by atoms with Crippen LogP contribution >= 0.6 is 0 Å². The topological polar surface area (TPSA) is 72.7 Å². The molecule has 2 aromatic heterocycles. The highest BCUT2D eigenvalue weighted by Gasteiger charge is 2.22. The van der Waals surface area contributed by atoms with Crippen molar-refractivity contribution in [1.29, 1.82) is 0 Å². The van der Waals surface area contributed by atoms with Gasteiger partial charge in [0.25, 0.3) is 5.91 Å². The average Bonchev–Trinajstić information content (AvgIpc) is 3.10. The van der Waals surface area contributed by atoms with Gasteiger partial charge in [0, 0.05) is 42.6 Å². The zero-order valence-electron chi connectivity index (χ0n) is 17.4. The molecular weight excluding hydrogens is 386 g/mol. The number of carbonyl (C=O) groups is 1. The van der Waals surface area contributed by atoms with Gasteiger partial charge in [-0.2, -0.15) is 0 Å². The van der Waals surface area contributed by atoms with E-state index in [0.29, 0.717) is 5.56 Å². The zero-order chi connectivity index (χ0) is 21.0. The lowest BCUT2D eigenvalue weighted by atomic mass is 10.1. The molecule has 0 saturated carbocycles. The number of amides is 1. The predicted molar refractivity (Wildman–Crippen MR) is 120 cm³/mol. The lowest BCUT2D eigenvalue weighted by Gasteiger charge is -2.16. The fraction of sp³-hybridized carbons (Fsp3) is 0.280. The van der Waals surface area contributed by atoms with Gasteiger partial charge in [-0.15, -0.1) is 10.2 Å². The van der Waals surface area contributed by atoms with Crippen molar-refractivity contribution in [2.75, 3.05) is 0 Å². The van der Waals surface area contributed by atoms with Crippen LogP contribution in [0.5, 0.6) is 0 Å². The van der Waals surface area contributed by atoms with E-state index in [2.05, 4.69) is 49.3 Å². The Bertz CT molecular complexity index is 1200. The molecule has 0 radical (unpaired) electrons. The first-order valence-electron chi connectivity index (χ1n) is 10.9. The molecule has 0 saturated heterocycles. The molecule has 2 aromatic carbocycles. The number of fused-ring (bicyclic) bond motifs is 2. The lowest BCUT2D eigenvalue weighted by Crippen LogP contribution is -2.35. The van der Waals surface area contributed by atoms with E-state index in [1.807, 2.05) is 36.4 Å². The van der Waals surface area contributed by atoms with Crippen molar-refractivity contribution in [3.8, 4) is 0 Å². The van der Waals surface area contributed by atoms with Gasteiger partial charge in [-0.25, -0.2) is 0 Å². The van der Waals surface area contributed by atoms with Crippen molar-refractivity contribution in [2.24, 2.45) is 0 Å². The Labute approximate surface area is 181 Å². The first-order chi connectivity index (χ1) is 15.3. The third kappa shape index (κ3) is 4.33. The van der Waals surface area contributed by atoms with Gasteiger partial charge >= 0.3 is 0 Å². The van der Waals surface area contributed by atoms with E-state index in [0.717, 1.165) is 61.2 Å². The van der Waals surface area contributed by atoms with E-state index in [-0.39, 0.29) is 11.9 Å². The summed E-state index contributed by atoms with van der Waals surface area (Å²) in [5, 5.41) is 13.1. The summed E-state index contributed by atoms with van der Waals surface area (Å²) in [5.41, 5.74) is 2.88.